The van der Waals surface area contributed by atoms with Crippen LogP contribution in [-0.4, -0.2) is 17.7 Å². The van der Waals surface area contributed by atoms with E-state index in [9.17, 15) is 4.79 Å². The Hall–Kier alpha value is -2.40. The van der Waals surface area contributed by atoms with Crippen LogP contribution in [0.1, 0.15) is 47.8 Å². The molecule has 0 saturated heterocycles. The van der Waals surface area contributed by atoms with Crippen LogP contribution in [0.15, 0.2) is 48.5 Å². The minimum absolute atomic E-state index is 0.153. The van der Waals surface area contributed by atoms with Crippen LogP contribution in [0.5, 0.6) is 0 Å². The van der Waals surface area contributed by atoms with Crippen LogP contribution in [0.3, 0.4) is 0 Å². The number of nitrogens with one attached hydrogen (secondary N) is 2. The predicted molar refractivity (Wildman–Crippen MR) is 106 cm³/mol. The molecule has 0 amide bonds. The standard InChI is InChI=1S/C20H24N2O2S/c1-4-17(15-9-7-6-8-10-15)21-20(25)22-18-12-11-16(13-14(18)3)19(23)24-5-2/h6-13,17H,4-5H2,1-3H3,(H2,21,22,25)/t17-/m0/s1. The first-order chi connectivity index (χ1) is 12.0. The molecule has 5 heteroatoms. The number of anilines is 1. The second-order valence-electron chi connectivity index (χ2n) is 5.72. The Labute approximate surface area is 154 Å². The van der Waals surface area contributed by atoms with Crippen molar-refractivity contribution in [2.75, 3.05) is 11.9 Å². The van der Waals surface area contributed by atoms with E-state index in [-0.39, 0.29) is 12.0 Å². The molecule has 0 aliphatic carbocycles. The topological polar surface area (TPSA) is 50.4 Å². The monoisotopic (exact) mass is 356 g/mol. The molecule has 0 radical (unpaired) electrons. The molecule has 25 heavy (non-hydrogen) atoms. The molecule has 0 bridgehead atoms. The van der Waals surface area contributed by atoms with Crippen LogP contribution in [0.2, 0.25) is 0 Å². The maximum absolute atomic E-state index is 11.8. The van der Waals surface area contributed by atoms with Gasteiger partial charge in [0.2, 0.25) is 0 Å². The van der Waals surface area contributed by atoms with E-state index in [1.165, 1.54) is 5.56 Å². The van der Waals surface area contributed by atoms with Crippen molar-refractivity contribution in [1.82, 2.24) is 5.32 Å². The number of esters is 1. The Morgan fingerprint density at radius 2 is 1.88 bits per heavy atom. The van der Waals surface area contributed by atoms with Gasteiger partial charge in [0.25, 0.3) is 0 Å². The van der Waals surface area contributed by atoms with Gasteiger partial charge in [-0.15, -0.1) is 0 Å². The smallest absolute Gasteiger partial charge is 0.338 e. The molecular formula is C20H24N2O2S. The van der Waals surface area contributed by atoms with Gasteiger partial charge in [-0.05, 0) is 61.8 Å². The zero-order chi connectivity index (χ0) is 18.2. The van der Waals surface area contributed by atoms with Crippen molar-refractivity contribution in [3.05, 3.63) is 65.2 Å². The van der Waals surface area contributed by atoms with Gasteiger partial charge in [0.05, 0.1) is 18.2 Å². The summed E-state index contributed by atoms with van der Waals surface area (Å²) in [5.41, 5.74) is 3.54. The van der Waals surface area contributed by atoms with Gasteiger partial charge in [0.15, 0.2) is 5.11 Å². The van der Waals surface area contributed by atoms with Crippen LogP contribution in [0.25, 0.3) is 0 Å². The molecule has 4 nitrogen and oxygen atoms in total. The Balaban J connectivity index is 2.03. The molecule has 2 N–H and O–H groups in total. The van der Waals surface area contributed by atoms with Crippen molar-refractivity contribution in [2.24, 2.45) is 0 Å². The molecule has 0 heterocycles. The number of hydrogen-bond donors (Lipinski definition) is 2. The molecule has 2 aromatic carbocycles. The highest BCUT2D eigenvalue weighted by Gasteiger charge is 2.12. The summed E-state index contributed by atoms with van der Waals surface area (Å²) in [5.74, 6) is -0.312. The van der Waals surface area contributed by atoms with Gasteiger partial charge in [-0.3, -0.25) is 0 Å². The summed E-state index contributed by atoms with van der Waals surface area (Å²) in [6, 6.07) is 15.8. The number of hydrogen-bond acceptors (Lipinski definition) is 3. The summed E-state index contributed by atoms with van der Waals surface area (Å²) in [4.78, 5) is 11.8. The molecule has 0 aromatic heterocycles. The Bertz CT molecular complexity index is 732. The van der Waals surface area contributed by atoms with Crippen LogP contribution in [0.4, 0.5) is 5.69 Å². The summed E-state index contributed by atoms with van der Waals surface area (Å²) in [6.45, 7) is 6.21. The minimum Gasteiger partial charge on any atom is -0.462 e. The van der Waals surface area contributed by atoms with Crippen molar-refractivity contribution >= 4 is 29.0 Å². The maximum atomic E-state index is 11.8. The van der Waals surface area contributed by atoms with E-state index >= 15 is 0 Å². The lowest BCUT2D eigenvalue weighted by molar-refractivity contribution is 0.0526. The van der Waals surface area contributed by atoms with E-state index in [1.807, 2.05) is 31.2 Å². The number of benzene rings is 2. The predicted octanol–water partition coefficient (Wildman–Crippen LogP) is 4.61. The summed E-state index contributed by atoms with van der Waals surface area (Å²) >= 11 is 5.45. The van der Waals surface area contributed by atoms with Gasteiger partial charge >= 0.3 is 5.97 Å². The molecule has 2 aromatic rings. The fourth-order valence-electron chi connectivity index (χ4n) is 2.57. The fraction of sp³-hybridized carbons (Fsp3) is 0.300. The lowest BCUT2D eigenvalue weighted by atomic mass is 10.1. The number of ether oxygens (including phenoxy) is 1. The highest BCUT2D eigenvalue weighted by atomic mass is 32.1. The summed E-state index contributed by atoms with van der Waals surface area (Å²) in [6.07, 6.45) is 0.923. The van der Waals surface area contributed by atoms with Gasteiger partial charge in [0.1, 0.15) is 0 Å². The fourth-order valence-corrected chi connectivity index (χ4v) is 2.82. The quantitative estimate of drug-likeness (QED) is 0.585. The Morgan fingerprint density at radius 1 is 1.16 bits per heavy atom. The molecular weight excluding hydrogens is 332 g/mol. The number of carbonyl (C=O) groups is 1. The normalized spacial score (nSPS) is 11.5. The van der Waals surface area contributed by atoms with Crippen LogP contribution in [0, 0.1) is 6.92 Å². The zero-order valence-electron chi connectivity index (χ0n) is 14.8. The number of rotatable bonds is 6. The highest BCUT2D eigenvalue weighted by molar-refractivity contribution is 7.80. The third-order valence-corrected chi connectivity index (χ3v) is 4.12. The number of aryl methyl sites for hydroxylation is 1. The zero-order valence-corrected chi connectivity index (χ0v) is 15.7. The van der Waals surface area contributed by atoms with Crippen molar-refractivity contribution in [3.63, 3.8) is 0 Å². The third-order valence-electron chi connectivity index (χ3n) is 3.90. The van der Waals surface area contributed by atoms with Crippen molar-refractivity contribution in [3.8, 4) is 0 Å². The van der Waals surface area contributed by atoms with Gasteiger partial charge in [-0.1, -0.05) is 37.3 Å². The van der Waals surface area contributed by atoms with Gasteiger partial charge < -0.3 is 15.4 Å². The van der Waals surface area contributed by atoms with Gasteiger partial charge in [-0.25, -0.2) is 4.79 Å². The van der Waals surface area contributed by atoms with E-state index in [2.05, 4.69) is 29.7 Å². The Morgan fingerprint density at radius 3 is 2.48 bits per heavy atom. The molecule has 0 aliphatic rings. The lowest BCUT2D eigenvalue weighted by Crippen LogP contribution is -2.32. The van der Waals surface area contributed by atoms with Crippen LogP contribution < -0.4 is 10.6 Å². The first-order valence-corrected chi connectivity index (χ1v) is 8.86. The molecule has 0 fully saturated rings. The summed E-state index contributed by atoms with van der Waals surface area (Å²) in [5, 5.41) is 7.11. The molecule has 132 valence electrons. The van der Waals surface area contributed by atoms with Crippen molar-refractivity contribution in [1.29, 1.82) is 0 Å². The molecule has 0 unspecified atom stereocenters. The van der Waals surface area contributed by atoms with E-state index in [0.29, 0.717) is 17.3 Å². The second-order valence-corrected chi connectivity index (χ2v) is 6.13. The van der Waals surface area contributed by atoms with Crippen molar-refractivity contribution < 1.29 is 9.53 Å². The van der Waals surface area contributed by atoms with Crippen molar-refractivity contribution in [2.45, 2.75) is 33.2 Å². The Kier molecular flexibility index (Phi) is 6.95. The average Bonchev–Trinajstić information content (AvgIpc) is 2.62. The maximum Gasteiger partial charge on any atom is 0.338 e. The highest BCUT2D eigenvalue weighted by Crippen LogP contribution is 2.19. The van der Waals surface area contributed by atoms with Crippen LogP contribution in [-0.2, 0) is 4.74 Å². The van der Waals surface area contributed by atoms with Gasteiger partial charge in [0, 0.05) is 5.69 Å². The molecule has 0 saturated carbocycles. The summed E-state index contributed by atoms with van der Waals surface area (Å²) in [7, 11) is 0. The van der Waals surface area contributed by atoms with E-state index < -0.39 is 0 Å². The second kappa shape index (κ2) is 9.18. The molecule has 2 rings (SSSR count). The average molecular weight is 356 g/mol. The summed E-state index contributed by atoms with van der Waals surface area (Å²) < 4.78 is 5.02. The minimum atomic E-state index is -0.312. The largest absolute Gasteiger partial charge is 0.462 e. The first-order valence-electron chi connectivity index (χ1n) is 8.45. The first kappa shape index (κ1) is 18.9. The molecule has 0 aliphatic heterocycles. The molecule has 1 atom stereocenters. The SMILES string of the molecule is CCOC(=O)c1ccc(NC(=S)N[C@@H](CC)c2ccccc2)c(C)c1. The third kappa shape index (κ3) is 5.29. The van der Waals surface area contributed by atoms with Crippen LogP contribution >= 0.6 is 12.2 Å². The molecule has 0 spiro atoms. The number of carbonyl (C=O) groups excluding carboxylic acids is 1. The van der Waals surface area contributed by atoms with E-state index in [1.54, 1.807) is 19.1 Å². The van der Waals surface area contributed by atoms with E-state index in [4.69, 9.17) is 17.0 Å². The lowest BCUT2D eigenvalue weighted by Gasteiger charge is -2.20. The van der Waals surface area contributed by atoms with E-state index in [0.717, 1.165) is 17.7 Å². The number of thiocarbonyl (C=S) groups is 1. The van der Waals surface area contributed by atoms with Gasteiger partial charge in [-0.2, -0.15) is 0 Å².